The van der Waals surface area contributed by atoms with Gasteiger partial charge in [-0.05, 0) is 55.4 Å². The number of ether oxygens (including phenoxy) is 2. The number of methoxy groups -OCH3 is 1. The molecule has 3 aromatic rings. The van der Waals surface area contributed by atoms with Crippen LogP contribution in [0.1, 0.15) is 11.1 Å². The van der Waals surface area contributed by atoms with E-state index in [1.807, 2.05) is 68.6 Å². The molecule has 4 nitrogen and oxygen atoms in total. The highest BCUT2D eigenvalue weighted by molar-refractivity contribution is 7.99. The second-order valence-electron chi connectivity index (χ2n) is 7.34. The highest BCUT2D eigenvalue weighted by Crippen LogP contribution is 2.36. The van der Waals surface area contributed by atoms with Crippen molar-refractivity contribution < 1.29 is 14.6 Å². The van der Waals surface area contributed by atoms with Crippen molar-refractivity contribution in [1.29, 1.82) is 0 Å². The van der Waals surface area contributed by atoms with Crippen molar-refractivity contribution in [2.45, 2.75) is 29.4 Å². The van der Waals surface area contributed by atoms with Crippen LogP contribution in [-0.4, -0.2) is 43.4 Å². The van der Waals surface area contributed by atoms with E-state index in [1.54, 1.807) is 18.9 Å². The van der Waals surface area contributed by atoms with Crippen molar-refractivity contribution in [3.8, 4) is 11.5 Å². The van der Waals surface area contributed by atoms with Crippen molar-refractivity contribution in [2.75, 3.05) is 27.3 Å². The molecule has 0 amide bonds. The first-order valence-electron chi connectivity index (χ1n) is 10.00. The molecule has 0 aliphatic heterocycles. The molecule has 1 unspecified atom stereocenters. The van der Waals surface area contributed by atoms with Crippen LogP contribution in [0.5, 0.6) is 11.5 Å². The lowest BCUT2D eigenvalue weighted by atomic mass is 10.2. The first-order valence-corrected chi connectivity index (χ1v) is 10.8. The molecule has 0 saturated carbocycles. The highest BCUT2D eigenvalue weighted by Gasteiger charge is 2.13. The molecule has 3 rings (SSSR count). The Morgan fingerprint density at radius 1 is 0.967 bits per heavy atom. The van der Waals surface area contributed by atoms with Gasteiger partial charge in [0.15, 0.2) is 0 Å². The molecule has 5 heteroatoms. The van der Waals surface area contributed by atoms with E-state index in [0.717, 1.165) is 28.5 Å². The first-order chi connectivity index (χ1) is 14.5. The molecule has 0 saturated heterocycles. The van der Waals surface area contributed by atoms with Gasteiger partial charge in [-0.25, -0.2) is 0 Å². The van der Waals surface area contributed by atoms with Crippen LogP contribution < -0.4 is 9.47 Å². The number of hydrogen-bond donors (Lipinski definition) is 1. The normalized spacial score (nSPS) is 12.0. The Kier molecular flexibility index (Phi) is 8.20. The number of nitrogens with zero attached hydrogens (tertiary/aromatic N) is 1. The van der Waals surface area contributed by atoms with Crippen LogP contribution in [0.2, 0.25) is 0 Å². The van der Waals surface area contributed by atoms with Crippen molar-refractivity contribution in [2.24, 2.45) is 0 Å². The third kappa shape index (κ3) is 6.52. The summed E-state index contributed by atoms with van der Waals surface area (Å²) in [4.78, 5) is 4.38. The van der Waals surface area contributed by atoms with Gasteiger partial charge in [-0.2, -0.15) is 0 Å². The summed E-state index contributed by atoms with van der Waals surface area (Å²) in [5.74, 6) is 1.66. The van der Waals surface area contributed by atoms with Crippen LogP contribution >= 0.6 is 11.8 Å². The van der Waals surface area contributed by atoms with Gasteiger partial charge in [-0.15, -0.1) is 0 Å². The summed E-state index contributed by atoms with van der Waals surface area (Å²) in [5.41, 5.74) is 2.35. The number of likely N-dealkylation sites (N-methyl/N-ethyl adjacent to an activating group) is 1. The molecule has 0 aliphatic carbocycles. The lowest BCUT2D eigenvalue weighted by molar-refractivity contribution is 0.0742. The SMILES string of the molecule is COc1ccccc1Sc1ccccc1CN(C)CC(O)COc1cccc(C)c1. The van der Waals surface area contributed by atoms with E-state index in [0.29, 0.717) is 6.54 Å². The van der Waals surface area contributed by atoms with Crippen LogP contribution in [0, 0.1) is 6.92 Å². The molecule has 1 N–H and O–H groups in total. The average molecular weight is 424 g/mol. The predicted octanol–water partition coefficient (Wildman–Crippen LogP) is 5.03. The summed E-state index contributed by atoms with van der Waals surface area (Å²) >= 11 is 1.70. The van der Waals surface area contributed by atoms with Gasteiger partial charge in [0.05, 0.1) is 12.0 Å². The van der Waals surface area contributed by atoms with E-state index >= 15 is 0 Å². The summed E-state index contributed by atoms with van der Waals surface area (Å²) in [6, 6.07) is 24.2. The van der Waals surface area contributed by atoms with E-state index in [2.05, 4.69) is 23.1 Å². The predicted molar refractivity (Wildman–Crippen MR) is 123 cm³/mol. The largest absolute Gasteiger partial charge is 0.496 e. The van der Waals surface area contributed by atoms with Gasteiger partial charge in [0.2, 0.25) is 0 Å². The van der Waals surface area contributed by atoms with Crippen LogP contribution in [0.4, 0.5) is 0 Å². The molecular weight excluding hydrogens is 394 g/mol. The number of rotatable bonds is 10. The highest BCUT2D eigenvalue weighted by atomic mass is 32.2. The summed E-state index contributed by atoms with van der Waals surface area (Å²) in [6.07, 6.45) is -0.565. The van der Waals surface area contributed by atoms with Crippen LogP contribution in [0.3, 0.4) is 0 Å². The van der Waals surface area contributed by atoms with Gasteiger partial charge in [-0.1, -0.05) is 54.2 Å². The van der Waals surface area contributed by atoms with Gasteiger partial charge in [0.1, 0.15) is 24.2 Å². The Hall–Kier alpha value is -2.47. The Bertz CT molecular complexity index is 947. The summed E-state index contributed by atoms with van der Waals surface area (Å²) in [5, 5.41) is 10.4. The number of para-hydroxylation sites is 1. The molecule has 0 aromatic heterocycles. The quantitative estimate of drug-likeness (QED) is 0.496. The van der Waals surface area contributed by atoms with Crippen molar-refractivity contribution >= 4 is 11.8 Å². The number of benzene rings is 3. The molecule has 0 heterocycles. The fourth-order valence-electron chi connectivity index (χ4n) is 3.22. The third-order valence-electron chi connectivity index (χ3n) is 4.66. The summed E-state index contributed by atoms with van der Waals surface area (Å²) in [6.45, 7) is 3.56. The Labute approximate surface area is 183 Å². The van der Waals surface area contributed by atoms with E-state index in [9.17, 15) is 5.11 Å². The lowest BCUT2D eigenvalue weighted by Gasteiger charge is -2.22. The molecule has 0 fully saturated rings. The molecule has 30 heavy (non-hydrogen) atoms. The standard InChI is InChI=1S/C25H29NO3S/c1-19-9-8-11-22(15-19)29-18-21(27)17-26(2)16-20-10-4-6-13-24(20)30-25-14-7-5-12-23(25)28-3/h4-15,21,27H,16-18H2,1-3H3. The van der Waals surface area contributed by atoms with Crippen LogP contribution in [-0.2, 0) is 6.54 Å². The molecule has 1 atom stereocenters. The molecular formula is C25H29NO3S. The van der Waals surface area contributed by atoms with Crippen molar-refractivity contribution in [3.63, 3.8) is 0 Å². The molecule has 158 valence electrons. The molecule has 0 bridgehead atoms. The minimum absolute atomic E-state index is 0.269. The molecule has 0 aliphatic rings. The second kappa shape index (κ2) is 11.1. The summed E-state index contributed by atoms with van der Waals surface area (Å²) in [7, 11) is 3.71. The van der Waals surface area contributed by atoms with E-state index in [4.69, 9.17) is 9.47 Å². The minimum atomic E-state index is -0.565. The maximum absolute atomic E-state index is 10.4. The lowest BCUT2D eigenvalue weighted by Crippen LogP contribution is -2.32. The maximum Gasteiger partial charge on any atom is 0.132 e. The second-order valence-corrected chi connectivity index (χ2v) is 8.42. The number of aryl methyl sites for hydroxylation is 1. The Morgan fingerprint density at radius 2 is 1.70 bits per heavy atom. The fraction of sp³-hybridized carbons (Fsp3) is 0.280. The van der Waals surface area contributed by atoms with Crippen LogP contribution in [0.15, 0.2) is 82.6 Å². The summed E-state index contributed by atoms with van der Waals surface area (Å²) < 4.78 is 11.2. The van der Waals surface area contributed by atoms with Crippen LogP contribution in [0.25, 0.3) is 0 Å². The zero-order chi connectivity index (χ0) is 21.3. The van der Waals surface area contributed by atoms with E-state index in [1.165, 1.54) is 10.5 Å². The minimum Gasteiger partial charge on any atom is -0.496 e. The molecule has 0 spiro atoms. The molecule has 0 radical (unpaired) electrons. The zero-order valence-electron chi connectivity index (χ0n) is 17.7. The maximum atomic E-state index is 10.4. The van der Waals surface area contributed by atoms with Gasteiger partial charge < -0.3 is 14.6 Å². The Balaban J connectivity index is 1.58. The van der Waals surface area contributed by atoms with Gasteiger partial charge >= 0.3 is 0 Å². The van der Waals surface area contributed by atoms with Crippen molar-refractivity contribution in [3.05, 3.63) is 83.9 Å². The smallest absolute Gasteiger partial charge is 0.132 e. The van der Waals surface area contributed by atoms with Crippen molar-refractivity contribution in [1.82, 2.24) is 4.90 Å². The number of aliphatic hydroxyl groups excluding tert-OH is 1. The van der Waals surface area contributed by atoms with E-state index in [-0.39, 0.29) is 6.61 Å². The average Bonchev–Trinajstić information content (AvgIpc) is 2.74. The number of hydrogen-bond acceptors (Lipinski definition) is 5. The van der Waals surface area contributed by atoms with Gasteiger partial charge in [-0.3, -0.25) is 4.90 Å². The number of aliphatic hydroxyl groups is 1. The van der Waals surface area contributed by atoms with E-state index < -0.39 is 6.10 Å². The fourth-order valence-corrected chi connectivity index (χ4v) is 4.27. The van der Waals surface area contributed by atoms with Gasteiger partial charge in [0.25, 0.3) is 0 Å². The van der Waals surface area contributed by atoms with Gasteiger partial charge in [0, 0.05) is 18.0 Å². The first kappa shape index (κ1) is 22.2. The zero-order valence-corrected chi connectivity index (χ0v) is 18.6. The monoisotopic (exact) mass is 423 g/mol. The Morgan fingerprint density at radius 3 is 2.47 bits per heavy atom. The molecule has 3 aromatic carbocycles. The topological polar surface area (TPSA) is 41.9 Å². The third-order valence-corrected chi connectivity index (χ3v) is 5.83.